The highest BCUT2D eigenvalue weighted by Crippen LogP contribution is 2.19. The van der Waals surface area contributed by atoms with E-state index < -0.39 is 11.9 Å². The smallest absolute Gasteiger partial charge is 0.334 e. The van der Waals surface area contributed by atoms with Crippen LogP contribution in [0.2, 0.25) is 0 Å². The Morgan fingerprint density at radius 3 is 1.75 bits per heavy atom. The molecule has 0 bridgehead atoms. The first-order valence-corrected chi connectivity index (χ1v) is 7.50. The molecule has 0 aliphatic rings. The van der Waals surface area contributed by atoms with E-state index in [1.54, 1.807) is 0 Å². The van der Waals surface area contributed by atoms with Gasteiger partial charge in [0, 0.05) is 11.1 Å². The normalized spacial score (nSPS) is 11.8. The number of carbonyl (C=O) groups is 2. The van der Waals surface area contributed by atoms with Crippen molar-refractivity contribution in [3.05, 3.63) is 11.1 Å². The average Bonchev–Trinajstić information content (AvgIpc) is 2.48. The molecule has 0 rings (SSSR count). The molecule has 116 valence electrons. The van der Waals surface area contributed by atoms with Crippen molar-refractivity contribution in [3.8, 4) is 0 Å². The molecule has 0 aliphatic carbocycles. The minimum Gasteiger partial charge on any atom is -0.466 e. The van der Waals surface area contributed by atoms with Gasteiger partial charge in [-0.25, -0.2) is 9.59 Å². The zero-order valence-corrected chi connectivity index (χ0v) is 13.3. The van der Waals surface area contributed by atoms with Crippen molar-refractivity contribution in [1.29, 1.82) is 0 Å². The minimum absolute atomic E-state index is 0.416. The van der Waals surface area contributed by atoms with Crippen LogP contribution >= 0.6 is 0 Å². The van der Waals surface area contributed by atoms with Gasteiger partial charge in [-0.1, -0.05) is 46.0 Å². The van der Waals surface area contributed by atoms with Crippen LogP contribution in [0, 0.1) is 0 Å². The number of rotatable bonds is 10. The number of methoxy groups -OCH3 is 2. The van der Waals surface area contributed by atoms with E-state index in [1.807, 2.05) is 6.92 Å². The molecule has 20 heavy (non-hydrogen) atoms. The van der Waals surface area contributed by atoms with E-state index in [-0.39, 0.29) is 0 Å². The lowest BCUT2D eigenvalue weighted by atomic mass is 9.99. The quantitative estimate of drug-likeness (QED) is 0.348. The molecule has 0 aromatic carbocycles. The summed E-state index contributed by atoms with van der Waals surface area (Å²) >= 11 is 0. The first-order valence-electron chi connectivity index (χ1n) is 7.50. The Bertz CT molecular complexity index is 331. The Morgan fingerprint density at radius 1 is 0.750 bits per heavy atom. The number of carbonyl (C=O) groups excluding carboxylic acids is 2. The molecule has 0 N–H and O–H groups in total. The number of ether oxygens (including phenoxy) is 2. The summed E-state index contributed by atoms with van der Waals surface area (Å²) in [4.78, 5) is 23.5. The third-order valence-corrected chi connectivity index (χ3v) is 3.36. The van der Waals surface area contributed by atoms with Gasteiger partial charge < -0.3 is 9.47 Å². The summed E-state index contributed by atoms with van der Waals surface area (Å²) in [5, 5.41) is 0. The van der Waals surface area contributed by atoms with Gasteiger partial charge >= 0.3 is 11.9 Å². The van der Waals surface area contributed by atoms with Crippen molar-refractivity contribution in [3.63, 3.8) is 0 Å². The minimum atomic E-state index is -0.432. The summed E-state index contributed by atoms with van der Waals surface area (Å²) in [6.07, 6.45) is 7.89. The molecule has 0 amide bonds. The van der Waals surface area contributed by atoms with E-state index in [1.165, 1.54) is 39.9 Å². The Kier molecular flexibility index (Phi) is 10.7. The molecule has 0 atom stereocenters. The Hall–Kier alpha value is -1.32. The van der Waals surface area contributed by atoms with E-state index in [9.17, 15) is 9.59 Å². The van der Waals surface area contributed by atoms with Crippen LogP contribution < -0.4 is 0 Å². The van der Waals surface area contributed by atoms with Crippen LogP contribution in [0.25, 0.3) is 0 Å². The number of hydrogen-bond donors (Lipinski definition) is 0. The zero-order chi connectivity index (χ0) is 15.4. The fraction of sp³-hybridized carbons (Fsp3) is 0.750. The largest absolute Gasteiger partial charge is 0.466 e. The number of hydrogen-bond acceptors (Lipinski definition) is 4. The topological polar surface area (TPSA) is 52.6 Å². The lowest BCUT2D eigenvalue weighted by molar-refractivity contribution is -0.139. The maximum Gasteiger partial charge on any atom is 0.334 e. The second-order valence-corrected chi connectivity index (χ2v) is 4.81. The van der Waals surface area contributed by atoms with Crippen LogP contribution in [-0.2, 0) is 19.1 Å². The molecule has 0 aromatic heterocycles. The van der Waals surface area contributed by atoms with Crippen LogP contribution in [0.1, 0.15) is 65.2 Å². The third-order valence-electron chi connectivity index (χ3n) is 3.36. The SMILES string of the molecule is CCCCCCCC/C(C(=O)OC)=C(\CC)C(=O)OC. The molecular weight excluding hydrogens is 256 g/mol. The summed E-state index contributed by atoms with van der Waals surface area (Å²) in [7, 11) is 2.67. The maximum atomic E-state index is 11.8. The van der Waals surface area contributed by atoms with Crippen molar-refractivity contribution in [2.75, 3.05) is 14.2 Å². The van der Waals surface area contributed by atoms with Crippen molar-refractivity contribution in [1.82, 2.24) is 0 Å². The van der Waals surface area contributed by atoms with E-state index >= 15 is 0 Å². The van der Waals surface area contributed by atoms with Crippen LogP contribution in [0.15, 0.2) is 11.1 Å². The van der Waals surface area contributed by atoms with E-state index in [0.29, 0.717) is 24.0 Å². The molecular formula is C16H28O4. The van der Waals surface area contributed by atoms with Crippen molar-refractivity contribution in [2.45, 2.75) is 65.2 Å². The van der Waals surface area contributed by atoms with Gasteiger partial charge in [-0.05, 0) is 19.3 Å². The molecule has 4 heteroatoms. The number of esters is 2. The molecule has 0 spiro atoms. The van der Waals surface area contributed by atoms with E-state index in [0.717, 1.165) is 12.8 Å². The second-order valence-electron chi connectivity index (χ2n) is 4.81. The predicted molar refractivity (Wildman–Crippen MR) is 79.3 cm³/mol. The Labute approximate surface area is 122 Å². The van der Waals surface area contributed by atoms with Gasteiger partial charge in [-0.15, -0.1) is 0 Å². The van der Waals surface area contributed by atoms with Gasteiger partial charge in [-0.2, -0.15) is 0 Å². The Morgan fingerprint density at radius 2 is 1.25 bits per heavy atom. The molecule has 0 aromatic rings. The summed E-state index contributed by atoms with van der Waals surface area (Å²) in [6, 6.07) is 0. The molecule has 0 heterocycles. The molecule has 0 saturated carbocycles. The first kappa shape index (κ1) is 18.7. The third kappa shape index (κ3) is 6.73. The van der Waals surface area contributed by atoms with Crippen LogP contribution in [0.4, 0.5) is 0 Å². The molecule has 0 aliphatic heterocycles. The number of unbranched alkanes of at least 4 members (excludes halogenated alkanes) is 5. The zero-order valence-electron chi connectivity index (χ0n) is 13.3. The highest BCUT2D eigenvalue weighted by Gasteiger charge is 2.20. The molecule has 0 saturated heterocycles. The van der Waals surface area contributed by atoms with Gasteiger partial charge in [0.1, 0.15) is 0 Å². The fourth-order valence-electron chi connectivity index (χ4n) is 2.19. The van der Waals surface area contributed by atoms with Gasteiger partial charge in [0.15, 0.2) is 0 Å². The van der Waals surface area contributed by atoms with E-state index in [2.05, 4.69) is 6.92 Å². The van der Waals surface area contributed by atoms with Crippen molar-refractivity contribution < 1.29 is 19.1 Å². The maximum absolute atomic E-state index is 11.8. The molecule has 4 nitrogen and oxygen atoms in total. The summed E-state index contributed by atoms with van der Waals surface area (Å²) in [6.45, 7) is 4.03. The van der Waals surface area contributed by atoms with Crippen molar-refractivity contribution >= 4 is 11.9 Å². The molecule has 0 unspecified atom stereocenters. The van der Waals surface area contributed by atoms with Crippen LogP contribution in [0.5, 0.6) is 0 Å². The standard InChI is InChI=1S/C16H28O4/c1-5-7-8-9-10-11-12-14(16(18)20-4)13(6-2)15(17)19-3/h5-12H2,1-4H3/b14-13-. The van der Waals surface area contributed by atoms with Gasteiger partial charge in [0.05, 0.1) is 14.2 Å². The monoisotopic (exact) mass is 284 g/mol. The second kappa shape index (κ2) is 11.5. The lowest BCUT2D eigenvalue weighted by Crippen LogP contribution is -2.14. The van der Waals surface area contributed by atoms with Crippen LogP contribution in [-0.4, -0.2) is 26.2 Å². The predicted octanol–water partition coefficient (Wildman–Crippen LogP) is 3.79. The van der Waals surface area contributed by atoms with Crippen LogP contribution in [0.3, 0.4) is 0 Å². The van der Waals surface area contributed by atoms with Gasteiger partial charge in [0.25, 0.3) is 0 Å². The highest BCUT2D eigenvalue weighted by atomic mass is 16.5. The van der Waals surface area contributed by atoms with Gasteiger partial charge in [-0.3, -0.25) is 0 Å². The molecule has 0 radical (unpaired) electrons. The first-order chi connectivity index (χ1) is 9.62. The van der Waals surface area contributed by atoms with Gasteiger partial charge in [0.2, 0.25) is 0 Å². The summed E-state index contributed by atoms with van der Waals surface area (Å²) in [5.41, 5.74) is 0.908. The average molecular weight is 284 g/mol. The molecule has 0 fully saturated rings. The fourth-order valence-corrected chi connectivity index (χ4v) is 2.19. The van der Waals surface area contributed by atoms with Crippen molar-refractivity contribution in [2.24, 2.45) is 0 Å². The highest BCUT2D eigenvalue weighted by molar-refractivity contribution is 6.00. The Balaban J connectivity index is 4.60. The lowest BCUT2D eigenvalue weighted by Gasteiger charge is -2.11. The summed E-state index contributed by atoms with van der Waals surface area (Å²) in [5.74, 6) is -0.848. The summed E-state index contributed by atoms with van der Waals surface area (Å²) < 4.78 is 9.51. The van der Waals surface area contributed by atoms with E-state index in [4.69, 9.17) is 9.47 Å².